The summed E-state index contributed by atoms with van der Waals surface area (Å²) in [7, 11) is 3.44. The highest BCUT2D eigenvalue weighted by atomic mass is 16.5. The molecule has 0 amide bonds. The van der Waals surface area contributed by atoms with E-state index in [1.165, 1.54) is 0 Å². The molecule has 0 aliphatic rings. The van der Waals surface area contributed by atoms with Gasteiger partial charge in [0, 0.05) is 38.2 Å². The van der Waals surface area contributed by atoms with Crippen LogP contribution in [0.5, 0.6) is 5.88 Å². The van der Waals surface area contributed by atoms with Gasteiger partial charge in [-0.2, -0.15) is 0 Å². The first-order valence-corrected chi connectivity index (χ1v) is 6.54. The molecule has 3 aromatic rings. The Bertz CT molecular complexity index is 754. The molecular formula is C14H16N6O. The summed E-state index contributed by atoms with van der Waals surface area (Å²) in [5, 5.41) is 6.33. The summed E-state index contributed by atoms with van der Waals surface area (Å²) in [5.41, 5.74) is 1.85. The van der Waals surface area contributed by atoms with E-state index in [0.29, 0.717) is 12.4 Å². The Morgan fingerprint density at radius 3 is 3.00 bits per heavy atom. The quantitative estimate of drug-likeness (QED) is 0.744. The van der Waals surface area contributed by atoms with Crippen LogP contribution in [0.15, 0.2) is 36.9 Å². The van der Waals surface area contributed by atoms with Crippen LogP contribution in [0.25, 0.3) is 5.65 Å². The maximum Gasteiger partial charge on any atom is 0.213 e. The van der Waals surface area contributed by atoms with Gasteiger partial charge < -0.3 is 19.8 Å². The molecular weight excluding hydrogens is 268 g/mol. The smallest absolute Gasteiger partial charge is 0.213 e. The van der Waals surface area contributed by atoms with Crippen molar-refractivity contribution in [3.05, 3.63) is 42.5 Å². The number of nitrogens with zero attached hydrogens (tertiary/aromatic N) is 4. The second kappa shape index (κ2) is 5.66. The van der Waals surface area contributed by atoms with E-state index in [2.05, 4.69) is 25.6 Å². The van der Waals surface area contributed by atoms with Crippen molar-refractivity contribution in [3.63, 3.8) is 0 Å². The largest absolute Gasteiger partial charge is 0.481 e. The molecule has 3 aromatic heterocycles. The Balaban J connectivity index is 1.85. The summed E-state index contributed by atoms with van der Waals surface area (Å²) in [6.45, 7) is 0.613. The second-order valence-electron chi connectivity index (χ2n) is 4.44. The van der Waals surface area contributed by atoms with Crippen LogP contribution in [0, 0.1) is 0 Å². The van der Waals surface area contributed by atoms with Crippen molar-refractivity contribution in [2.75, 3.05) is 24.8 Å². The van der Waals surface area contributed by atoms with Crippen molar-refractivity contribution in [3.8, 4) is 5.88 Å². The lowest BCUT2D eigenvalue weighted by Crippen LogP contribution is -2.06. The average Bonchev–Trinajstić information content (AvgIpc) is 3.01. The first-order chi connectivity index (χ1) is 10.3. The molecule has 0 aliphatic carbocycles. The van der Waals surface area contributed by atoms with Gasteiger partial charge in [0.1, 0.15) is 5.82 Å². The molecule has 0 saturated heterocycles. The van der Waals surface area contributed by atoms with Crippen LogP contribution in [0.2, 0.25) is 0 Å². The topological polar surface area (TPSA) is 76.4 Å². The SMILES string of the molecule is CNc1cn2ccnc2c(NCc2ccnc(OC)c2)n1. The Labute approximate surface area is 122 Å². The molecule has 0 atom stereocenters. The van der Waals surface area contributed by atoms with Crippen molar-refractivity contribution < 1.29 is 4.74 Å². The van der Waals surface area contributed by atoms with Gasteiger partial charge in [-0.1, -0.05) is 0 Å². The molecule has 108 valence electrons. The molecule has 3 rings (SSSR count). The van der Waals surface area contributed by atoms with E-state index >= 15 is 0 Å². The van der Waals surface area contributed by atoms with Crippen LogP contribution in [0.1, 0.15) is 5.56 Å². The highest BCUT2D eigenvalue weighted by Gasteiger charge is 2.07. The molecule has 0 radical (unpaired) electrons. The molecule has 2 N–H and O–H groups in total. The summed E-state index contributed by atoms with van der Waals surface area (Å²) in [6.07, 6.45) is 7.25. The van der Waals surface area contributed by atoms with Crippen molar-refractivity contribution in [2.45, 2.75) is 6.54 Å². The van der Waals surface area contributed by atoms with Gasteiger partial charge in [-0.15, -0.1) is 0 Å². The lowest BCUT2D eigenvalue weighted by molar-refractivity contribution is 0.397. The fraction of sp³-hybridized carbons (Fsp3) is 0.214. The summed E-state index contributed by atoms with van der Waals surface area (Å²) in [4.78, 5) is 12.9. The van der Waals surface area contributed by atoms with Gasteiger partial charge in [0.25, 0.3) is 0 Å². The summed E-state index contributed by atoms with van der Waals surface area (Å²) < 4.78 is 7.05. The summed E-state index contributed by atoms with van der Waals surface area (Å²) in [5.74, 6) is 2.09. The number of nitrogens with one attached hydrogen (secondary N) is 2. The fourth-order valence-electron chi connectivity index (χ4n) is 2.03. The van der Waals surface area contributed by atoms with Gasteiger partial charge in [-0.25, -0.2) is 15.0 Å². The molecule has 3 heterocycles. The number of aromatic nitrogens is 4. The Morgan fingerprint density at radius 1 is 1.29 bits per heavy atom. The van der Waals surface area contributed by atoms with E-state index in [1.807, 2.05) is 36.0 Å². The van der Waals surface area contributed by atoms with Gasteiger partial charge in [0.2, 0.25) is 5.88 Å². The van der Waals surface area contributed by atoms with Gasteiger partial charge in [0.05, 0.1) is 13.3 Å². The van der Waals surface area contributed by atoms with Crippen LogP contribution < -0.4 is 15.4 Å². The number of fused-ring (bicyclic) bond motifs is 1. The molecule has 0 aliphatic heterocycles. The van der Waals surface area contributed by atoms with Gasteiger partial charge >= 0.3 is 0 Å². The van der Waals surface area contributed by atoms with Crippen molar-refractivity contribution >= 4 is 17.3 Å². The number of ether oxygens (including phenoxy) is 1. The Hall–Kier alpha value is -2.83. The average molecular weight is 284 g/mol. The molecule has 7 nitrogen and oxygen atoms in total. The van der Waals surface area contributed by atoms with Gasteiger partial charge in [-0.3, -0.25) is 0 Å². The molecule has 21 heavy (non-hydrogen) atoms. The van der Waals surface area contributed by atoms with Crippen LogP contribution in [-0.2, 0) is 6.54 Å². The molecule has 0 saturated carbocycles. The lowest BCUT2D eigenvalue weighted by Gasteiger charge is -2.10. The zero-order valence-electron chi connectivity index (χ0n) is 11.9. The molecule has 0 bridgehead atoms. The van der Waals surface area contributed by atoms with E-state index in [0.717, 1.165) is 22.8 Å². The minimum Gasteiger partial charge on any atom is -0.481 e. The number of anilines is 2. The number of hydrogen-bond donors (Lipinski definition) is 2. The Kier molecular flexibility index (Phi) is 3.55. The van der Waals surface area contributed by atoms with Crippen LogP contribution in [0.3, 0.4) is 0 Å². The first kappa shape index (κ1) is 13.2. The zero-order valence-corrected chi connectivity index (χ0v) is 11.9. The maximum absolute atomic E-state index is 5.12. The monoisotopic (exact) mass is 284 g/mol. The van der Waals surface area contributed by atoms with Crippen molar-refractivity contribution in [2.24, 2.45) is 0 Å². The second-order valence-corrected chi connectivity index (χ2v) is 4.44. The van der Waals surface area contributed by atoms with Crippen LogP contribution >= 0.6 is 0 Å². The van der Waals surface area contributed by atoms with E-state index < -0.39 is 0 Å². The Morgan fingerprint density at radius 2 is 2.19 bits per heavy atom. The van der Waals surface area contributed by atoms with Crippen molar-refractivity contribution in [1.82, 2.24) is 19.4 Å². The highest BCUT2D eigenvalue weighted by Crippen LogP contribution is 2.17. The third kappa shape index (κ3) is 2.71. The number of rotatable bonds is 5. The number of imidazole rings is 1. The minimum absolute atomic E-state index is 0.595. The van der Waals surface area contributed by atoms with E-state index in [4.69, 9.17) is 4.74 Å². The predicted octanol–water partition coefficient (Wildman–Crippen LogP) is 1.79. The molecule has 0 spiro atoms. The summed E-state index contributed by atoms with van der Waals surface area (Å²) >= 11 is 0. The third-order valence-corrected chi connectivity index (χ3v) is 3.10. The molecule has 0 unspecified atom stereocenters. The van der Waals surface area contributed by atoms with E-state index in [9.17, 15) is 0 Å². The minimum atomic E-state index is 0.595. The number of pyridine rings is 1. The normalized spacial score (nSPS) is 10.6. The fourth-order valence-corrected chi connectivity index (χ4v) is 2.03. The van der Waals surface area contributed by atoms with Crippen LogP contribution in [0.4, 0.5) is 11.6 Å². The van der Waals surface area contributed by atoms with Crippen molar-refractivity contribution in [1.29, 1.82) is 0 Å². The van der Waals surface area contributed by atoms with Crippen LogP contribution in [-0.4, -0.2) is 33.5 Å². The molecule has 0 aromatic carbocycles. The first-order valence-electron chi connectivity index (χ1n) is 6.54. The molecule has 0 fully saturated rings. The molecule has 7 heteroatoms. The zero-order chi connectivity index (χ0) is 14.7. The summed E-state index contributed by atoms with van der Waals surface area (Å²) in [6, 6.07) is 3.82. The number of methoxy groups -OCH3 is 1. The van der Waals surface area contributed by atoms with E-state index in [-0.39, 0.29) is 0 Å². The predicted molar refractivity (Wildman–Crippen MR) is 80.6 cm³/mol. The van der Waals surface area contributed by atoms with E-state index in [1.54, 1.807) is 19.5 Å². The maximum atomic E-state index is 5.12. The number of hydrogen-bond acceptors (Lipinski definition) is 6. The third-order valence-electron chi connectivity index (χ3n) is 3.10. The highest BCUT2D eigenvalue weighted by molar-refractivity contribution is 5.65. The lowest BCUT2D eigenvalue weighted by atomic mass is 10.2. The van der Waals surface area contributed by atoms with Gasteiger partial charge in [0.15, 0.2) is 11.5 Å². The standard InChI is InChI=1S/C14H16N6O/c1-15-11-9-20-6-5-17-14(20)13(19-11)18-8-10-3-4-16-12(7-10)21-2/h3-7,9,15H,8H2,1-2H3,(H,18,19). The van der Waals surface area contributed by atoms with Gasteiger partial charge in [-0.05, 0) is 11.6 Å².